The first-order valence-electron chi connectivity index (χ1n) is 10.1. The predicted octanol–water partition coefficient (Wildman–Crippen LogP) is 6.92. The molecule has 158 valence electrons. The van der Waals surface area contributed by atoms with Crippen molar-refractivity contribution in [2.45, 2.75) is 26.2 Å². The minimum absolute atomic E-state index is 0.266. The van der Waals surface area contributed by atoms with Crippen LogP contribution in [0, 0.1) is 0 Å². The average Bonchev–Trinajstić information content (AvgIpc) is 3.23. The summed E-state index contributed by atoms with van der Waals surface area (Å²) in [7, 11) is 1.58. The van der Waals surface area contributed by atoms with Gasteiger partial charge in [0.05, 0.1) is 17.8 Å². The van der Waals surface area contributed by atoms with E-state index in [1.165, 1.54) is 5.56 Å². The molecule has 0 unspecified atom stereocenters. The van der Waals surface area contributed by atoms with Gasteiger partial charge < -0.3 is 14.5 Å². The zero-order chi connectivity index (χ0) is 22.0. The average molecular weight is 435 g/mol. The quantitative estimate of drug-likeness (QED) is 0.357. The SMILES string of the molecule is CC[C@@H](C)c1ccc2oc(-c3ccc(Cl)c(NC(=O)c4ccc(OC)cc4)c3)nc2c1. The van der Waals surface area contributed by atoms with Crippen molar-refractivity contribution in [3.63, 3.8) is 0 Å². The highest BCUT2D eigenvalue weighted by molar-refractivity contribution is 6.34. The first-order chi connectivity index (χ1) is 15.0. The molecular formula is C25H23ClN2O3. The fraction of sp³-hybridized carbons (Fsp3) is 0.200. The van der Waals surface area contributed by atoms with Crippen molar-refractivity contribution in [3.8, 4) is 17.2 Å². The minimum Gasteiger partial charge on any atom is -0.497 e. The fourth-order valence-corrected chi connectivity index (χ4v) is 3.47. The minimum atomic E-state index is -0.266. The molecule has 1 amide bonds. The normalized spacial score (nSPS) is 12.0. The Morgan fingerprint density at radius 1 is 1.13 bits per heavy atom. The van der Waals surface area contributed by atoms with Crippen LogP contribution in [0.15, 0.2) is 65.1 Å². The van der Waals surface area contributed by atoms with Gasteiger partial charge in [-0.05, 0) is 72.5 Å². The van der Waals surface area contributed by atoms with Gasteiger partial charge in [0, 0.05) is 11.1 Å². The van der Waals surface area contributed by atoms with Crippen LogP contribution >= 0.6 is 11.6 Å². The number of rotatable bonds is 6. The number of fused-ring (bicyclic) bond motifs is 1. The maximum atomic E-state index is 12.6. The van der Waals surface area contributed by atoms with E-state index < -0.39 is 0 Å². The van der Waals surface area contributed by atoms with Gasteiger partial charge in [0.1, 0.15) is 11.3 Å². The highest BCUT2D eigenvalue weighted by Gasteiger charge is 2.14. The van der Waals surface area contributed by atoms with Crippen molar-refractivity contribution in [3.05, 3.63) is 76.8 Å². The number of amides is 1. The summed E-state index contributed by atoms with van der Waals surface area (Å²) in [5.74, 6) is 1.36. The Morgan fingerprint density at radius 3 is 2.61 bits per heavy atom. The zero-order valence-corrected chi connectivity index (χ0v) is 18.4. The molecule has 0 bridgehead atoms. The van der Waals surface area contributed by atoms with E-state index in [9.17, 15) is 4.79 Å². The summed E-state index contributed by atoms with van der Waals surface area (Å²) in [5.41, 5.74) is 4.49. The number of hydrogen-bond acceptors (Lipinski definition) is 4. The lowest BCUT2D eigenvalue weighted by atomic mass is 9.98. The van der Waals surface area contributed by atoms with Gasteiger partial charge in [0.25, 0.3) is 5.91 Å². The molecule has 1 heterocycles. The largest absolute Gasteiger partial charge is 0.497 e. The number of methoxy groups -OCH3 is 1. The van der Waals surface area contributed by atoms with E-state index in [-0.39, 0.29) is 5.91 Å². The summed E-state index contributed by atoms with van der Waals surface area (Å²) in [4.78, 5) is 17.3. The Bertz CT molecular complexity index is 1230. The molecule has 1 N–H and O–H groups in total. The number of carbonyl (C=O) groups excluding carboxylic acids is 1. The topological polar surface area (TPSA) is 64.4 Å². The number of halogens is 1. The van der Waals surface area contributed by atoms with Gasteiger partial charge in [0.15, 0.2) is 5.58 Å². The number of ether oxygens (including phenoxy) is 1. The van der Waals surface area contributed by atoms with E-state index in [1.807, 2.05) is 12.1 Å². The van der Waals surface area contributed by atoms with Crippen LogP contribution in [-0.4, -0.2) is 18.0 Å². The predicted molar refractivity (Wildman–Crippen MR) is 124 cm³/mol. The molecule has 0 radical (unpaired) electrons. The standard InChI is InChI=1S/C25H23ClN2O3/c1-4-15(2)17-8-12-23-22(13-17)28-25(31-23)18-7-11-20(26)21(14-18)27-24(29)16-5-9-19(30-3)10-6-16/h5-15H,4H2,1-3H3,(H,27,29)/t15-/m1/s1. The maximum absolute atomic E-state index is 12.6. The number of hydrogen-bond donors (Lipinski definition) is 1. The summed E-state index contributed by atoms with van der Waals surface area (Å²) < 4.78 is 11.1. The molecule has 0 aliphatic rings. The van der Waals surface area contributed by atoms with Gasteiger partial charge in [-0.25, -0.2) is 4.98 Å². The lowest BCUT2D eigenvalue weighted by Crippen LogP contribution is -2.12. The van der Waals surface area contributed by atoms with Crippen molar-refractivity contribution in [1.29, 1.82) is 0 Å². The summed E-state index contributed by atoms with van der Waals surface area (Å²) in [6.07, 6.45) is 1.06. The molecule has 1 aromatic heterocycles. The van der Waals surface area contributed by atoms with Crippen molar-refractivity contribution in [2.24, 2.45) is 0 Å². The number of carbonyl (C=O) groups is 1. The number of benzene rings is 3. The Labute approximate surface area is 186 Å². The smallest absolute Gasteiger partial charge is 0.255 e. The fourth-order valence-electron chi connectivity index (χ4n) is 3.30. The first-order valence-corrected chi connectivity index (χ1v) is 10.5. The van der Waals surface area contributed by atoms with Gasteiger partial charge in [-0.2, -0.15) is 0 Å². The van der Waals surface area contributed by atoms with Crippen molar-refractivity contribution in [2.75, 3.05) is 12.4 Å². The number of anilines is 1. The highest BCUT2D eigenvalue weighted by atomic mass is 35.5. The monoisotopic (exact) mass is 434 g/mol. The third kappa shape index (κ3) is 4.42. The zero-order valence-electron chi connectivity index (χ0n) is 17.6. The Hall–Kier alpha value is -3.31. The molecule has 31 heavy (non-hydrogen) atoms. The molecule has 0 aliphatic carbocycles. The second-order valence-electron chi connectivity index (χ2n) is 7.43. The van der Waals surface area contributed by atoms with Gasteiger partial charge in [-0.1, -0.05) is 31.5 Å². The third-order valence-electron chi connectivity index (χ3n) is 5.41. The Balaban J connectivity index is 1.61. The van der Waals surface area contributed by atoms with Crippen LogP contribution < -0.4 is 10.1 Å². The first kappa shape index (κ1) is 20.9. The molecule has 0 saturated heterocycles. The van der Waals surface area contributed by atoms with Crippen LogP contribution in [0.5, 0.6) is 5.75 Å². The van der Waals surface area contributed by atoms with E-state index in [2.05, 4.69) is 36.3 Å². The molecular weight excluding hydrogens is 412 g/mol. The molecule has 6 heteroatoms. The maximum Gasteiger partial charge on any atom is 0.255 e. The van der Waals surface area contributed by atoms with Crippen LogP contribution in [0.3, 0.4) is 0 Å². The lowest BCUT2D eigenvalue weighted by Gasteiger charge is -2.09. The van der Waals surface area contributed by atoms with E-state index in [4.69, 9.17) is 20.8 Å². The molecule has 5 nitrogen and oxygen atoms in total. The lowest BCUT2D eigenvalue weighted by molar-refractivity contribution is 0.102. The highest BCUT2D eigenvalue weighted by Crippen LogP contribution is 2.32. The van der Waals surface area contributed by atoms with E-state index in [1.54, 1.807) is 43.5 Å². The molecule has 4 rings (SSSR count). The van der Waals surface area contributed by atoms with E-state index in [0.29, 0.717) is 33.8 Å². The molecule has 0 spiro atoms. The molecule has 1 atom stereocenters. The summed E-state index contributed by atoms with van der Waals surface area (Å²) in [6, 6.07) is 18.3. The molecule has 3 aromatic carbocycles. The van der Waals surface area contributed by atoms with Crippen molar-refractivity contribution < 1.29 is 13.9 Å². The Kier molecular flexibility index (Phi) is 5.96. The number of aromatic nitrogens is 1. The molecule has 0 aliphatic heterocycles. The van der Waals surface area contributed by atoms with Crippen molar-refractivity contribution >= 4 is 34.3 Å². The van der Waals surface area contributed by atoms with Gasteiger partial charge in [-0.3, -0.25) is 4.79 Å². The molecule has 0 saturated carbocycles. The third-order valence-corrected chi connectivity index (χ3v) is 5.74. The number of oxazole rings is 1. The van der Waals surface area contributed by atoms with E-state index >= 15 is 0 Å². The summed E-state index contributed by atoms with van der Waals surface area (Å²) in [5, 5.41) is 3.29. The molecule has 0 fully saturated rings. The van der Waals surface area contributed by atoms with Gasteiger partial charge in [0.2, 0.25) is 5.89 Å². The summed E-state index contributed by atoms with van der Waals surface area (Å²) >= 11 is 6.33. The number of nitrogens with zero attached hydrogens (tertiary/aromatic N) is 1. The second-order valence-corrected chi connectivity index (χ2v) is 7.84. The van der Waals surface area contributed by atoms with Crippen LogP contribution in [0.4, 0.5) is 5.69 Å². The summed E-state index contributed by atoms with van der Waals surface area (Å²) in [6.45, 7) is 4.36. The van der Waals surface area contributed by atoms with E-state index in [0.717, 1.165) is 23.1 Å². The molecule has 4 aromatic rings. The van der Waals surface area contributed by atoms with Crippen LogP contribution in [0.2, 0.25) is 5.02 Å². The second kappa shape index (κ2) is 8.82. The van der Waals surface area contributed by atoms with Gasteiger partial charge >= 0.3 is 0 Å². The van der Waals surface area contributed by atoms with Crippen LogP contribution in [-0.2, 0) is 0 Å². The van der Waals surface area contributed by atoms with Crippen molar-refractivity contribution in [1.82, 2.24) is 4.98 Å². The Morgan fingerprint density at radius 2 is 1.90 bits per heavy atom. The van der Waals surface area contributed by atoms with Crippen LogP contribution in [0.1, 0.15) is 42.1 Å². The van der Waals surface area contributed by atoms with Gasteiger partial charge in [-0.15, -0.1) is 0 Å². The van der Waals surface area contributed by atoms with Crippen LogP contribution in [0.25, 0.3) is 22.6 Å². The number of nitrogens with one attached hydrogen (secondary N) is 1.